The second-order valence-corrected chi connectivity index (χ2v) is 4.28. The van der Waals surface area contributed by atoms with Crippen LogP contribution in [0.5, 0.6) is 0 Å². The van der Waals surface area contributed by atoms with Crippen LogP contribution in [0.1, 0.15) is 19.4 Å². The third kappa shape index (κ3) is 4.17. The molecule has 2 N–H and O–H groups in total. The molecule has 1 amide bonds. The molecule has 0 aliphatic carbocycles. The van der Waals surface area contributed by atoms with E-state index in [1.807, 2.05) is 18.2 Å². The summed E-state index contributed by atoms with van der Waals surface area (Å²) in [4.78, 5) is 11.3. The van der Waals surface area contributed by atoms with Crippen molar-refractivity contribution in [2.24, 2.45) is 0 Å². The van der Waals surface area contributed by atoms with Crippen LogP contribution in [0.3, 0.4) is 0 Å². The molecule has 1 aromatic carbocycles. The van der Waals surface area contributed by atoms with E-state index in [1.165, 1.54) is 5.56 Å². The van der Waals surface area contributed by atoms with Crippen LogP contribution in [0.15, 0.2) is 36.4 Å². The lowest BCUT2D eigenvalue weighted by Crippen LogP contribution is -2.14. The first-order valence-electron chi connectivity index (χ1n) is 6.85. The monoisotopic (exact) mass is 286 g/mol. The Hall–Kier alpha value is -2.63. The number of carbonyl (C=O) groups is 1. The average molecular weight is 286 g/mol. The van der Waals surface area contributed by atoms with Crippen molar-refractivity contribution in [3.05, 3.63) is 42.0 Å². The summed E-state index contributed by atoms with van der Waals surface area (Å²) in [5, 5.41) is 13.7. The summed E-state index contributed by atoms with van der Waals surface area (Å²) >= 11 is 0. The Labute approximate surface area is 123 Å². The van der Waals surface area contributed by atoms with Crippen LogP contribution in [0.2, 0.25) is 0 Å². The number of rotatable bonds is 5. The maximum absolute atomic E-state index is 11.3. The lowest BCUT2D eigenvalue weighted by molar-refractivity contribution is 0.168. The fourth-order valence-corrected chi connectivity index (χ4v) is 1.83. The topological polar surface area (TPSA) is 76.1 Å². The van der Waals surface area contributed by atoms with E-state index in [0.717, 1.165) is 12.1 Å². The van der Waals surface area contributed by atoms with E-state index in [4.69, 9.17) is 4.74 Å². The minimum Gasteiger partial charge on any atom is -0.450 e. The fraction of sp³-hybridized carbons (Fsp3) is 0.267. The van der Waals surface area contributed by atoms with Gasteiger partial charge in [0.2, 0.25) is 0 Å². The molecule has 1 heterocycles. The highest BCUT2D eigenvalue weighted by Crippen LogP contribution is 2.19. The molecule has 21 heavy (non-hydrogen) atoms. The number of ether oxygens (including phenoxy) is 1. The van der Waals surface area contributed by atoms with Crippen LogP contribution >= 0.6 is 0 Å². The van der Waals surface area contributed by atoms with E-state index < -0.39 is 6.09 Å². The first-order chi connectivity index (χ1) is 10.2. The number of nitrogens with zero attached hydrogens (tertiary/aromatic N) is 2. The summed E-state index contributed by atoms with van der Waals surface area (Å²) in [6.07, 6.45) is 0.392. The van der Waals surface area contributed by atoms with Crippen LogP contribution in [0.4, 0.5) is 22.1 Å². The number of anilines is 3. The van der Waals surface area contributed by atoms with Crippen molar-refractivity contribution in [1.82, 2.24) is 10.2 Å². The molecule has 2 rings (SSSR count). The van der Waals surface area contributed by atoms with Gasteiger partial charge in [-0.05, 0) is 37.1 Å². The zero-order valence-corrected chi connectivity index (χ0v) is 12.1. The Morgan fingerprint density at radius 1 is 1.10 bits per heavy atom. The molecule has 0 radical (unpaired) electrons. The van der Waals surface area contributed by atoms with Gasteiger partial charge in [0.15, 0.2) is 11.6 Å². The van der Waals surface area contributed by atoms with Gasteiger partial charge in [0, 0.05) is 5.69 Å². The SMILES string of the molecule is CCOC(=O)Nc1ccc(Nc2ccccc2CC)nn1. The molecular weight excluding hydrogens is 268 g/mol. The number of hydrogen-bond donors (Lipinski definition) is 2. The zero-order chi connectivity index (χ0) is 15.1. The summed E-state index contributed by atoms with van der Waals surface area (Å²) in [5.74, 6) is 0.966. The quantitative estimate of drug-likeness (QED) is 0.881. The number of para-hydroxylation sites is 1. The van der Waals surface area contributed by atoms with Gasteiger partial charge >= 0.3 is 6.09 Å². The number of nitrogens with one attached hydrogen (secondary N) is 2. The molecule has 6 heteroatoms. The van der Waals surface area contributed by atoms with E-state index in [2.05, 4.69) is 33.8 Å². The molecule has 110 valence electrons. The van der Waals surface area contributed by atoms with Gasteiger partial charge in [0.25, 0.3) is 0 Å². The number of carbonyl (C=O) groups excluding carboxylic acids is 1. The largest absolute Gasteiger partial charge is 0.450 e. The van der Waals surface area contributed by atoms with Crippen molar-refractivity contribution in [1.29, 1.82) is 0 Å². The Balaban J connectivity index is 2.04. The van der Waals surface area contributed by atoms with E-state index in [-0.39, 0.29) is 0 Å². The lowest BCUT2D eigenvalue weighted by Gasteiger charge is -2.10. The van der Waals surface area contributed by atoms with Gasteiger partial charge in [-0.3, -0.25) is 5.32 Å². The van der Waals surface area contributed by atoms with Crippen molar-refractivity contribution < 1.29 is 9.53 Å². The highest BCUT2D eigenvalue weighted by molar-refractivity contribution is 5.83. The summed E-state index contributed by atoms with van der Waals surface area (Å²) in [5.41, 5.74) is 2.20. The third-order valence-corrected chi connectivity index (χ3v) is 2.83. The Morgan fingerprint density at radius 3 is 2.48 bits per heavy atom. The molecule has 0 fully saturated rings. The van der Waals surface area contributed by atoms with Gasteiger partial charge in [0.1, 0.15) is 0 Å². The summed E-state index contributed by atoms with van der Waals surface area (Å²) in [6.45, 7) is 4.15. The Kier molecular flexibility index (Phi) is 5.09. The number of hydrogen-bond acceptors (Lipinski definition) is 5. The highest BCUT2D eigenvalue weighted by atomic mass is 16.5. The molecule has 6 nitrogen and oxygen atoms in total. The van der Waals surface area contributed by atoms with Crippen LogP contribution in [0.25, 0.3) is 0 Å². The smallest absolute Gasteiger partial charge is 0.412 e. The molecule has 1 aromatic heterocycles. The molecule has 0 aliphatic heterocycles. The van der Waals surface area contributed by atoms with Crippen LogP contribution < -0.4 is 10.6 Å². The predicted molar refractivity (Wildman–Crippen MR) is 81.8 cm³/mol. The molecule has 0 aliphatic rings. The van der Waals surface area contributed by atoms with Crippen molar-refractivity contribution >= 4 is 23.4 Å². The highest BCUT2D eigenvalue weighted by Gasteiger charge is 2.05. The summed E-state index contributed by atoms with van der Waals surface area (Å²) < 4.78 is 4.77. The van der Waals surface area contributed by atoms with E-state index in [1.54, 1.807) is 19.1 Å². The molecule has 0 bridgehead atoms. The third-order valence-electron chi connectivity index (χ3n) is 2.83. The zero-order valence-electron chi connectivity index (χ0n) is 12.1. The van der Waals surface area contributed by atoms with Crippen LogP contribution in [0, 0.1) is 0 Å². The van der Waals surface area contributed by atoms with Gasteiger partial charge in [0.05, 0.1) is 6.61 Å². The summed E-state index contributed by atoms with van der Waals surface area (Å²) in [6, 6.07) is 11.4. The maximum atomic E-state index is 11.3. The molecule has 0 saturated carbocycles. The van der Waals surface area contributed by atoms with Crippen molar-refractivity contribution in [2.45, 2.75) is 20.3 Å². The minimum absolute atomic E-state index is 0.312. The molecular formula is C15H18N4O2. The van der Waals surface area contributed by atoms with Crippen LogP contribution in [-0.4, -0.2) is 22.9 Å². The Morgan fingerprint density at radius 2 is 1.81 bits per heavy atom. The van der Waals surface area contributed by atoms with Crippen LogP contribution in [-0.2, 0) is 11.2 Å². The molecule has 0 saturated heterocycles. The minimum atomic E-state index is -0.538. The number of benzene rings is 1. The van der Waals surface area contributed by atoms with Gasteiger partial charge in [-0.25, -0.2) is 4.79 Å². The van der Waals surface area contributed by atoms with Crippen molar-refractivity contribution in [3.63, 3.8) is 0 Å². The number of aryl methyl sites for hydroxylation is 1. The van der Waals surface area contributed by atoms with Gasteiger partial charge in [-0.1, -0.05) is 25.1 Å². The Bertz CT molecular complexity index is 599. The standard InChI is InChI=1S/C15H18N4O2/c1-3-11-7-5-6-8-12(11)16-13-9-10-14(19-18-13)17-15(20)21-4-2/h5-10H,3-4H2,1-2H3,(H,16,18)(H,17,19,20). The maximum Gasteiger partial charge on any atom is 0.412 e. The molecule has 0 spiro atoms. The fourth-order valence-electron chi connectivity index (χ4n) is 1.83. The normalized spacial score (nSPS) is 10.0. The van der Waals surface area contributed by atoms with Gasteiger partial charge in [-0.15, -0.1) is 10.2 Å². The first-order valence-corrected chi connectivity index (χ1v) is 6.85. The average Bonchev–Trinajstić information content (AvgIpc) is 2.50. The second-order valence-electron chi connectivity index (χ2n) is 4.28. The number of amides is 1. The molecule has 2 aromatic rings. The second kappa shape index (κ2) is 7.23. The van der Waals surface area contributed by atoms with Gasteiger partial charge < -0.3 is 10.1 Å². The molecule has 0 unspecified atom stereocenters. The lowest BCUT2D eigenvalue weighted by atomic mass is 10.1. The predicted octanol–water partition coefficient (Wildman–Crippen LogP) is 3.35. The van der Waals surface area contributed by atoms with Crippen molar-refractivity contribution in [2.75, 3.05) is 17.2 Å². The molecule has 0 atom stereocenters. The van der Waals surface area contributed by atoms with E-state index >= 15 is 0 Å². The van der Waals surface area contributed by atoms with E-state index in [0.29, 0.717) is 18.2 Å². The first kappa shape index (κ1) is 14.8. The van der Waals surface area contributed by atoms with E-state index in [9.17, 15) is 4.79 Å². The van der Waals surface area contributed by atoms with Gasteiger partial charge in [-0.2, -0.15) is 0 Å². The number of aromatic nitrogens is 2. The van der Waals surface area contributed by atoms with Crippen molar-refractivity contribution in [3.8, 4) is 0 Å². The summed E-state index contributed by atoms with van der Waals surface area (Å²) in [7, 11) is 0.